The van der Waals surface area contributed by atoms with Crippen molar-refractivity contribution in [3.63, 3.8) is 0 Å². The Balaban J connectivity index is 4.97. The van der Waals surface area contributed by atoms with Crippen LogP contribution in [0, 0.1) is 5.92 Å². The number of rotatable bonds is 9. The van der Waals surface area contributed by atoms with E-state index >= 15 is 0 Å². The zero-order valence-corrected chi connectivity index (χ0v) is 13.1. The molecule has 8 N–H and O–H groups in total. The minimum atomic E-state index is -1.02. The Bertz CT molecular complexity index is 436. The molecule has 0 bridgehead atoms. The maximum atomic E-state index is 12.2. The van der Waals surface area contributed by atoms with E-state index in [0.29, 0.717) is 0 Å². The molecule has 0 aromatic carbocycles. The average molecular weight is 315 g/mol. The van der Waals surface area contributed by atoms with Gasteiger partial charge in [0.1, 0.15) is 12.1 Å². The minimum absolute atomic E-state index is 0.00318. The lowest BCUT2D eigenvalue weighted by molar-refractivity contribution is -0.132. The summed E-state index contributed by atoms with van der Waals surface area (Å²) < 4.78 is 0. The molecule has 0 fully saturated rings. The first-order valence-electron chi connectivity index (χ1n) is 7.00. The Kier molecular flexibility index (Phi) is 8.10. The summed E-state index contributed by atoms with van der Waals surface area (Å²) in [6, 6.07) is -2.72. The van der Waals surface area contributed by atoms with E-state index in [1.165, 1.54) is 6.92 Å². The number of hydrogen-bond acceptors (Lipinski definition) is 5. The van der Waals surface area contributed by atoms with E-state index in [9.17, 15) is 19.2 Å². The second-order valence-electron chi connectivity index (χ2n) is 5.49. The van der Waals surface area contributed by atoms with E-state index in [4.69, 9.17) is 17.2 Å². The van der Waals surface area contributed by atoms with Crippen LogP contribution in [0.15, 0.2) is 0 Å². The molecular formula is C13H25N5O4. The summed E-state index contributed by atoms with van der Waals surface area (Å²) in [5.74, 6) is -2.68. The topological polar surface area (TPSA) is 170 Å². The molecule has 3 atom stereocenters. The summed E-state index contributed by atoms with van der Waals surface area (Å²) in [6.45, 7) is 4.89. The minimum Gasteiger partial charge on any atom is -0.370 e. The van der Waals surface area contributed by atoms with E-state index in [-0.39, 0.29) is 18.8 Å². The fourth-order valence-corrected chi connectivity index (χ4v) is 1.68. The van der Waals surface area contributed by atoms with Gasteiger partial charge in [-0.15, -0.1) is 0 Å². The summed E-state index contributed by atoms with van der Waals surface area (Å²) in [4.78, 5) is 46.0. The number of amides is 4. The van der Waals surface area contributed by atoms with Crippen molar-refractivity contribution in [1.82, 2.24) is 10.6 Å². The third-order valence-corrected chi connectivity index (χ3v) is 3.00. The molecule has 0 saturated heterocycles. The zero-order chi connectivity index (χ0) is 17.4. The van der Waals surface area contributed by atoms with E-state index in [1.54, 1.807) is 13.8 Å². The van der Waals surface area contributed by atoms with Crippen LogP contribution in [0.5, 0.6) is 0 Å². The van der Waals surface area contributed by atoms with Gasteiger partial charge < -0.3 is 27.8 Å². The highest BCUT2D eigenvalue weighted by molar-refractivity contribution is 5.92. The highest BCUT2D eigenvalue weighted by Crippen LogP contribution is 2.04. The van der Waals surface area contributed by atoms with Gasteiger partial charge in [-0.2, -0.15) is 0 Å². The average Bonchev–Trinajstić information content (AvgIpc) is 2.38. The number of nitrogens with one attached hydrogen (secondary N) is 2. The Morgan fingerprint density at radius 2 is 1.50 bits per heavy atom. The van der Waals surface area contributed by atoms with Crippen molar-refractivity contribution in [3.05, 3.63) is 0 Å². The second kappa shape index (κ2) is 8.98. The molecule has 126 valence electrons. The number of carbonyl (C=O) groups is 4. The molecule has 0 aliphatic heterocycles. The Morgan fingerprint density at radius 3 is 1.86 bits per heavy atom. The molecule has 0 spiro atoms. The van der Waals surface area contributed by atoms with E-state index in [0.717, 1.165) is 0 Å². The second-order valence-corrected chi connectivity index (χ2v) is 5.49. The van der Waals surface area contributed by atoms with Gasteiger partial charge in [0, 0.05) is 6.42 Å². The van der Waals surface area contributed by atoms with E-state index in [2.05, 4.69) is 10.6 Å². The molecule has 0 rings (SSSR count). The van der Waals surface area contributed by atoms with Gasteiger partial charge in [0.15, 0.2) is 0 Å². The highest BCUT2D eigenvalue weighted by atomic mass is 16.2. The van der Waals surface area contributed by atoms with Gasteiger partial charge in [0.2, 0.25) is 23.6 Å². The van der Waals surface area contributed by atoms with Gasteiger partial charge in [0.25, 0.3) is 0 Å². The zero-order valence-electron chi connectivity index (χ0n) is 13.1. The van der Waals surface area contributed by atoms with Crippen molar-refractivity contribution in [2.45, 2.75) is 51.7 Å². The van der Waals surface area contributed by atoms with Gasteiger partial charge in [-0.3, -0.25) is 19.2 Å². The first-order chi connectivity index (χ1) is 10.1. The van der Waals surface area contributed by atoms with Crippen LogP contribution in [0.2, 0.25) is 0 Å². The van der Waals surface area contributed by atoms with Crippen LogP contribution in [-0.2, 0) is 19.2 Å². The lowest BCUT2D eigenvalue weighted by Crippen LogP contribution is -2.56. The van der Waals surface area contributed by atoms with Crippen LogP contribution < -0.4 is 27.8 Å². The smallest absolute Gasteiger partial charge is 0.243 e. The fourth-order valence-electron chi connectivity index (χ4n) is 1.68. The van der Waals surface area contributed by atoms with Crippen LogP contribution in [0.3, 0.4) is 0 Å². The van der Waals surface area contributed by atoms with Gasteiger partial charge in [-0.1, -0.05) is 13.8 Å². The van der Waals surface area contributed by atoms with Crippen molar-refractivity contribution in [3.8, 4) is 0 Å². The van der Waals surface area contributed by atoms with Gasteiger partial charge in [0.05, 0.1) is 6.04 Å². The standard InChI is InChI=1S/C13H25N5O4/c1-6(2)10(11(16)20)18-13(22)8(4-5-9(15)19)17-12(21)7(3)14/h6-8,10H,4-5,14H2,1-3H3,(H2,15,19)(H2,16,20)(H,17,21)(H,18,22)/t7-,8-,10-/m0/s1. The van der Waals surface area contributed by atoms with Crippen molar-refractivity contribution in [2.24, 2.45) is 23.1 Å². The molecule has 22 heavy (non-hydrogen) atoms. The lowest BCUT2D eigenvalue weighted by Gasteiger charge is -2.24. The first-order valence-corrected chi connectivity index (χ1v) is 7.00. The predicted octanol–water partition coefficient (Wildman–Crippen LogP) is -2.29. The molecule has 9 nitrogen and oxygen atoms in total. The molecule has 0 unspecified atom stereocenters. The molecule has 0 saturated carbocycles. The lowest BCUT2D eigenvalue weighted by atomic mass is 10.0. The SMILES string of the molecule is CC(C)[C@H](NC(=O)[C@H](CCC(N)=O)NC(=O)[C@H](C)N)C(N)=O. The van der Waals surface area contributed by atoms with Crippen molar-refractivity contribution < 1.29 is 19.2 Å². The summed E-state index contributed by atoms with van der Waals surface area (Å²) >= 11 is 0. The van der Waals surface area contributed by atoms with Crippen LogP contribution in [0.1, 0.15) is 33.6 Å². The van der Waals surface area contributed by atoms with Gasteiger partial charge in [-0.25, -0.2) is 0 Å². The molecule has 4 amide bonds. The summed E-state index contributed by atoms with van der Waals surface area (Å²) in [5.41, 5.74) is 15.7. The van der Waals surface area contributed by atoms with Crippen LogP contribution >= 0.6 is 0 Å². The molecule has 0 aromatic heterocycles. The fraction of sp³-hybridized carbons (Fsp3) is 0.692. The number of carbonyl (C=O) groups excluding carboxylic acids is 4. The third-order valence-electron chi connectivity index (χ3n) is 3.00. The molecule has 9 heteroatoms. The monoisotopic (exact) mass is 315 g/mol. The number of nitrogens with two attached hydrogens (primary N) is 3. The van der Waals surface area contributed by atoms with Gasteiger partial charge >= 0.3 is 0 Å². The number of primary amides is 2. The molecule has 0 heterocycles. The molecular weight excluding hydrogens is 290 g/mol. The van der Waals surface area contributed by atoms with Gasteiger partial charge in [-0.05, 0) is 19.3 Å². The van der Waals surface area contributed by atoms with Crippen molar-refractivity contribution in [2.75, 3.05) is 0 Å². The molecule has 0 aliphatic rings. The van der Waals surface area contributed by atoms with Crippen molar-refractivity contribution in [1.29, 1.82) is 0 Å². The molecule has 0 aromatic rings. The highest BCUT2D eigenvalue weighted by Gasteiger charge is 2.28. The summed E-state index contributed by atoms with van der Waals surface area (Å²) in [7, 11) is 0. The third kappa shape index (κ3) is 7.02. The predicted molar refractivity (Wildman–Crippen MR) is 80.0 cm³/mol. The molecule has 0 aliphatic carbocycles. The van der Waals surface area contributed by atoms with Crippen LogP contribution in [0.4, 0.5) is 0 Å². The van der Waals surface area contributed by atoms with Crippen LogP contribution in [-0.4, -0.2) is 41.8 Å². The van der Waals surface area contributed by atoms with E-state index < -0.39 is 41.8 Å². The molecule has 0 radical (unpaired) electrons. The Morgan fingerprint density at radius 1 is 0.955 bits per heavy atom. The largest absolute Gasteiger partial charge is 0.370 e. The maximum Gasteiger partial charge on any atom is 0.243 e. The maximum absolute atomic E-state index is 12.2. The summed E-state index contributed by atoms with van der Waals surface area (Å²) in [5, 5.41) is 4.88. The Labute approximate surface area is 129 Å². The summed E-state index contributed by atoms with van der Waals surface area (Å²) in [6.07, 6.45) is -0.0938. The van der Waals surface area contributed by atoms with Crippen LogP contribution in [0.25, 0.3) is 0 Å². The Hall–Kier alpha value is -2.16. The number of hydrogen-bond donors (Lipinski definition) is 5. The van der Waals surface area contributed by atoms with E-state index in [1.807, 2.05) is 0 Å². The quantitative estimate of drug-likeness (QED) is 0.322. The van der Waals surface area contributed by atoms with Crippen molar-refractivity contribution >= 4 is 23.6 Å². The first kappa shape index (κ1) is 19.8. The normalized spacial score (nSPS) is 14.8.